The van der Waals surface area contributed by atoms with Crippen LogP contribution in [0.5, 0.6) is 0 Å². The van der Waals surface area contributed by atoms with Gasteiger partial charge in [0.15, 0.2) is 15.1 Å². The molecule has 0 N–H and O–H groups in total. The summed E-state index contributed by atoms with van der Waals surface area (Å²) in [6.45, 7) is -5.91. The van der Waals surface area contributed by atoms with Crippen molar-refractivity contribution in [3.63, 3.8) is 0 Å². The maximum Gasteiger partial charge on any atom is 0.294 e. The molecule has 0 unspecified atom stereocenters. The average molecular weight is 538 g/mol. The van der Waals surface area contributed by atoms with Crippen LogP contribution in [0, 0.1) is 76.2 Å². The molecule has 0 aromatic rings. The molecule has 1 heterocycles. The van der Waals surface area contributed by atoms with Gasteiger partial charge in [0.1, 0.15) is 26.4 Å². The largest absolute Gasteiger partial charge is 0.313 e. The number of hydrogen-bond donors (Lipinski definition) is 0. The number of rotatable bonds is 15. The van der Waals surface area contributed by atoms with Crippen molar-refractivity contribution in [3.8, 4) is 0 Å². The summed E-state index contributed by atoms with van der Waals surface area (Å²) in [5, 5.41) is 64.6. The lowest BCUT2D eigenvalue weighted by atomic mass is 9.92. The lowest BCUT2D eigenvalue weighted by molar-refractivity contribution is -0.792. The van der Waals surface area contributed by atoms with Crippen molar-refractivity contribution < 1.29 is 54.8 Å². The molecule has 1 saturated heterocycles. The van der Waals surface area contributed by atoms with E-state index in [1.807, 2.05) is 0 Å². The summed E-state index contributed by atoms with van der Waals surface area (Å²) in [6.07, 6.45) is 0. The van der Waals surface area contributed by atoms with E-state index in [0.717, 1.165) is 0 Å². The Morgan fingerprint density at radius 1 is 0.472 bits per heavy atom. The highest BCUT2D eigenvalue weighted by atomic mass is 17.0. The normalized spacial score (nSPS) is 12.8. The molecular weight excluding hydrogens is 524 g/mol. The minimum Gasteiger partial charge on any atom is -0.313 e. The van der Waals surface area contributed by atoms with E-state index in [4.69, 9.17) is 0 Å². The van der Waals surface area contributed by atoms with Crippen LogP contribution in [0.15, 0.2) is 0 Å². The van der Waals surface area contributed by atoms with Crippen LogP contribution in [0.4, 0.5) is 0 Å². The Bertz CT molecular complexity index is 721. The molecule has 0 amide bonds. The van der Waals surface area contributed by atoms with Gasteiger partial charge in [-0.05, 0) is 0 Å². The Labute approximate surface area is 193 Å². The summed E-state index contributed by atoms with van der Waals surface area (Å²) in [5.74, 6) is 0. The maximum absolute atomic E-state index is 10.3. The highest BCUT2D eigenvalue weighted by Gasteiger charge is 2.39. The van der Waals surface area contributed by atoms with Crippen molar-refractivity contribution in [2.45, 2.75) is 0 Å². The average Bonchev–Trinajstić information content (AvgIpc) is 2.77. The summed E-state index contributed by atoms with van der Waals surface area (Å²) in [7, 11) is 0. The van der Waals surface area contributed by atoms with E-state index in [0.29, 0.717) is 15.0 Å². The summed E-state index contributed by atoms with van der Waals surface area (Å²) >= 11 is 0. The topological polar surface area (TPSA) is 349 Å². The van der Waals surface area contributed by atoms with E-state index >= 15 is 0 Å². The van der Waals surface area contributed by atoms with Gasteiger partial charge in [-0.15, -0.1) is 40.5 Å². The zero-order chi connectivity index (χ0) is 28.1. The second-order valence-electron chi connectivity index (χ2n) is 6.15. The van der Waals surface area contributed by atoms with Gasteiger partial charge in [0, 0.05) is 0 Å². The maximum atomic E-state index is 10.3. The zero-order valence-electron chi connectivity index (χ0n) is 17.3. The quantitative estimate of drug-likeness (QED) is 0.149. The van der Waals surface area contributed by atoms with E-state index < -0.39 is 87.3 Å². The zero-order valence-corrected chi connectivity index (χ0v) is 17.3. The third-order valence-electron chi connectivity index (χ3n) is 3.58. The van der Waals surface area contributed by atoms with Gasteiger partial charge in [-0.3, -0.25) is 0 Å². The summed E-state index contributed by atoms with van der Waals surface area (Å²) in [4.78, 5) is 87.1. The van der Waals surface area contributed by atoms with Gasteiger partial charge in [0.2, 0.25) is 20.0 Å². The molecule has 28 heteroatoms. The second kappa shape index (κ2) is 13.8. The molecule has 0 aromatic carbocycles. The molecule has 1 aliphatic heterocycles. The Balaban J connectivity index is 0.000000717. The van der Waals surface area contributed by atoms with Crippen molar-refractivity contribution in [2.75, 3.05) is 46.4 Å². The number of nitro groups is 3. The van der Waals surface area contributed by atoms with Crippen molar-refractivity contribution in [1.82, 2.24) is 15.0 Å². The Hall–Kier alpha value is -5.60. The predicted molar refractivity (Wildman–Crippen MR) is 95.3 cm³/mol. The van der Waals surface area contributed by atoms with Crippen LogP contribution in [0.1, 0.15) is 0 Å². The van der Waals surface area contributed by atoms with Gasteiger partial charge in [-0.2, -0.15) is 0 Å². The molecule has 0 spiro atoms. The van der Waals surface area contributed by atoms with Gasteiger partial charge >= 0.3 is 0 Å². The van der Waals surface area contributed by atoms with Crippen molar-refractivity contribution in [3.05, 3.63) is 70.8 Å². The summed E-state index contributed by atoms with van der Waals surface area (Å²) in [5.41, 5.74) is -2.03. The van der Waals surface area contributed by atoms with Gasteiger partial charge in [-0.25, -0.2) is 30.3 Å². The number of nitrogens with zero attached hydrogens (tertiary/aromatic N) is 10. The third kappa shape index (κ3) is 11.9. The fourth-order valence-electron chi connectivity index (χ4n) is 2.02. The summed E-state index contributed by atoms with van der Waals surface area (Å²) in [6, 6.07) is 0. The standard InChI is InChI=1S/C5H8N4O12.C3H6N6O6/c10-6(11)18-1-5(2-19-7(12)13,3-20-8(14)15)4-21-9(16)17;10-7(11)4-1-5(8(12)13)3-6(2-4)9(14)15/h1-4H2;1-3H2. The number of hydrazine groups is 3. The van der Waals surface area contributed by atoms with E-state index in [1.165, 1.54) is 0 Å². The molecule has 36 heavy (non-hydrogen) atoms. The Morgan fingerprint density at radius 2 is 0.667 bits per heavy atom. The first kappa shape index (κ1) is 30.4. The van der Waals surface area contributed by atoms with Crippen molar-refractivity contribution >= 4 is 0 Å². The van der Waals surface area contributed by atoms with Crippen LogP contribution < -0.4 is 0 Å². The van der Waals surface area contributed by atoms with E-state index in [2.05, 4.69) is 19.4 Å². The highest BCUT2D eigenvalue weighted by molar-refractivity contribution is 4.77. The molecule has 1 aliphatic rings. The lowest BCUT2D eigenvalue weighted by Crippen LogP contribution is -2.59. The first-order valence-electron chi connectivity index (χ1n) is 8.35. The van der Waals surface area contributed by atoms with E-state index in [-0.39, 0.29) is 0 Å². The molecule has 0 saturated carbocycles. The highest BCUT2D eigenvalue weighted by Crippen LogP contribution is 2.21. The fourth-order valence-corrected chi connectivity index (χ4v) is 2.02. The Morgan fingerprint density at radius 3 is 0.806 bits per heavy atom. The third-order valence-corrected chi connectivity index (χ3v) is 3.58. The molecule has 1 fully saturated rings. The van der Waals surface area contributed by atoms with Crippen molar-refractivity contribution in [2.24, 2.45) is 5.41 Å². The van der Waals surface area contributed by atoms with Gasteiger partial charge in [-0.1, -0.05) is 15.0 Å². The molecule has 0 aromatic heterocycles. The summed E-state index contributed by atoms with van der Waals surface area (Å²) < 4.78 is 0. The molecule has 1 rings (SSSR count). The van der Waals surface area contributed by atoms with Crippen molar-refractivity contribution in [1.29, 1.82) is 0 Å². The predicted octanol–water partition coefficient (Wildman–Crippen LogP) is -2.84. The van der Waals surface area contributed by atoms with Crippen LogP contribution in [0.25, 0.3) is 0 Å². The van der Waals surface area contributed by atoms with Gasteiger partial charge in [0.25, 0.3) is 20.3 Å². The fraction of sp³-hybridized carbons (Fsp3) is 1.00. The van der Waals surface area contributed by atoms with Crippen LogP contribution in [-0.4, -0.2) is 96.9 Å². The molecule has 0 atom stereocenters. The molecule has 28 nitrogen and oxygen atoms in total. The van der Waals surface area contributed by atoms with Crippen LogP contribution >= 0.6 is 0 Å². The molecule has 0 radical (unpaired) electrons. The first-order chi connectivity index (χ1) is 16.6. The van der Waals surface area contributed by atoms with E-state index in [9.17, 15) is 70.8 Å². The van der Waals surface area contributed by atoms with Crippen LogP contribution in [0.2, 0.25) is 0 Å². The molecule has 204 valence electrons. The van der Waals surface area contributed by atoms with Gasteiger partial charge in [0.05, 0.1) is 5.41 Å². The van der Waals surface area contributed by atoms with Crippen LogP contribution in [0.3, 0.4) is 0 Å². The van der Waals surface area contributed by atoms with E-state index in [1.54, 1.807) is 0 Å². The Kier molecular flexibility index (Phi) is 11.7. The molecule has 0 bridgehead atoms. The SMILES string of the molecule is O=[N+]([O-])N1CN([N+](=O)[O-])CN([N+](=O)[O-])C1.O=[N+]([O-])OCC(CO[N+](=O)[O-])(CO[N+](=O)[O-])CO[N+](=O)[O-]. The number of hydrogen-bond acceptors (Lipinski definition) is 18. The first-order valence-corrected chi connectivity index (χ1v) is 8.35. The minimum absolute atomic E-state index is 0.370. The lowest BCUT2D eigenvalue weighted by Gasteiger charge is -2.28. The molecular formula is C8H14N10O18. The smallest absolute Gasteiger partial charge is 0.294 e. The monoisotopic (exact) mass is 538 g/mol. The van der Waals surface area contributed by atoms with Gasteiger partial charge < -0.3 is 19.4 Å². The van der Waals surface area contributed by atoms with Crippen LogP contribution in [-0.2, 0) is 19.4 Å². The second-order valence-corrected chi connectivity index (χ2v) is 6.15. The molecule has 0 aliphatic carbocycles. The minimum atomic E-state index is -2.03.